The molecule has 1 aromatic carbocycles. The van der Waals surface area contributed by atoms with Crippen LogP contribution < -0.4 is 0 Å². The number of carbonyl (C=O) groups excluding carboxylic acids is 1. The number of hydrogen-bond acceptors (Lipinski definition) is 3. The topological polar surface area (TPSA) is 47.8 Å². The Morgan fingerprint density at radius 2 is 1.96 bits per heavy atom. The van der Waals surface area contributed by atoms with Gasteiger partial charge >= 0.3 is 6.18 Å². The van der Waals surface area contributed by atoms with Crippen LogP contribution in [0.3, 0.4) is 0 Å². The summed E-state index contributed by atoms with van der Waals surface area (Å²) < 4.78 is 54.5. The summed E-state index contributed by atoms with van der Waals surface area (Å²) in [5.74, 6) is -1.41. The van der Waals surface area contributed by atoms with Crippen LogP contribution in [0.5, 0.6) is 0 Å². The van der Waals surface area contributed by atoms with E-state index in [0.29, 0.717) is 4.68 Å². The monoisotopic (exact) mass is 323 g/mol. The minimum Gasteiger partial charge on any atom is -0.294 e. The number of carbonyl (C=O) groups is 1. The standard InChI is InChI=1S/C15H9F4N3O/c1-8(23)10-7-21-22(14(10)15(17,18)19)12-5-6-20-13-9(12)3-2-4-11(13)16/h2-7H,1H3. The number of halogens is 4. The third kappa shape index (κ3) is 2.45. The number of aromatic nitrogens is 3. The van der Waals surface area contributed by atoms with Crippen LogP contribution >= 0.6 is 0 Å². The molecule has 0 aliphatic carbocycles. The predicted octanol–water partition coefficient (Wildman–Crippen LogP) is 3.78. The summed E-state index contributed by atoms with van der Waals surface area (Å²) in [7, 11) is 0. The van der Waals surface area contributed by atoms with Crippen molar-refractivity contribution < 1.29 is 22.4 Å². The van der Waals surface area contributed by atoms with Gasteiger partial charge in [-0.2, -0.15) is 18.3 Å². The van der Waals surface area contributed by atoms with Crippen molar-refractivity contribution in [3.63, 3.8) is 0 Å². The second-order valence-electron chi connectivity index (χ2n) is 4.84. The van der Waals surface area contributed by atoms with Crippen molar-refractivity contribution in [2.75, 3.05) is 0 Å². The van der Waals surface area contributed by atoms with E-state index in [1.54, 1.807) is 0 Å². The van der Waals surface area contributed by atoms with E-state index >= 15 is 0 Å². The van der Waals surface area contributed by atoms with Gasteiger partial charge in [0.15, 0.2) is 11.5 Å². The molecule has 0 saturated heterocycles. The maximum Gasteiger partial charge on any atom is 0.434 e. The molecule has 118 valence electrons. The number of ketones is 1. The van der Waals surface area contributed by atoms with Crippen LogP contribution in [-0.4, -0.2) is 20.5 Å². The van der Waals surface area contributed by atoms with E-state index in [1.165, 1.54) is 24.4 Å². The molecular weight excluding hydrogens is 314 g/mol. The molecule has 2 aromatic heterocycles. The van der Waals surface area contributed by atoms with Crippen molar-refractivity contribution in [1.82, 2.24) is 14.8 Å². The minimum atomic E-state index is -4.79. The van der Waals surface area contributed by atoms with E-state index in [-0.39, 0.29) is 16.6 Å². The molecule has 0 aliphatic heterocycles. The van der Waals surface area contributed by atoms with E-state index in [9.17, 15) is 22.4 Å². The highest BCUT2D eigenvalue weighted by Crippen LogP contribution is 2.35. The molecule has 0 N–H and O–H groups in total. The lowest BCUT2D eigenvalue weighted by Gasteiger charge is -2.13. The number of alkyl halides is 3. The van der Waals surface area contributed by atoms with Crippen molar-refractivity contribution in [3.05, 3.63) is 53.7 Å². The number of hydrogen-bond donors (Lipinski definition) is 0. The van der Waals surface area contributed by atoms with Crippen LogP contribution in [0, 0.1) is 5.82 Å². The molecule has 4 nitrogen and oxygen atoms in total. The van der Waals surface area contributed by atoms with Crippen molar-refractivity contribution in [1.29, 1.82) is 0 Å². The Hall–Kier alpha value is -2.77. The summed E-state index contributed by atoms with van der Waals surface area (Å²) >= 11 is 0. The highest BCUT2D eigenvalue weighted by molar-refractivity contribution is 5.95. The van der Waals surface area contributed by atoms with Gasteiger partial charge in [0, 0.05) is 11.6 Å². The Labute approximate surface area is 127 Å². The van der Waals surface area contributed by atoms with Gasteiger partial charge in [-0.3, -0.25) is 9.78 Å². The van der Waals surface area contributed by atoms with Crippen LogP contribution in [0.2, 0.25) is 0 Å². The summed E-state index contributed by atoms with van der Waals surface area (Å²) in [6.07, 6.45) is -2.74. The third-order valence-corrected chi connectivity index (χ3v) is 3.34. The fraction of sp³-hybridized carbons (Fsp3) is 0.133. The first kappa shape index (κ1) is 15.1. The average Bonchev–Trinajstić information content (AvgIpc) is 2.92. The summed E-state index contributed by atoms with van der Waals surface area (Å²) in [6, 6.07) is 5.25. The van der Waals surface area contributed by atoms with Crippen molar-refractivity contribution >= 4 is 16.7 Å². The Morgan fingerprint density at radius 3 is 2.61 bits per heavy atom. The molecule has 0 radical (unpaired) electrons. The van der Waals surface area contributed by atoms with E-state index in [0.717, 1.165) is 19.2 Å². The summed E-state index contributed by atoms with van der Waals surface area (Å²) in [5, 5.41) is 3.84. The van der Waals surface area contributed by atoms with Gasteiger partial charge in [0.25, 0.3) is 0 Å². The van der Waals surface area contributed by atoms with Gasteiger partial charge in [-0.05, 0) is 19.1 Å². The molecule has 2 heterocycles. The fourth-order valence-corrected chi connectivity index (χ4v) is 2.37. The van der Waals surface area contributed by atoms with Crippen LogP contribution in [0.4, 0.5) is 17.6 Å². The zero-order chi connectivity index (χ0) is 16.8. The zero-order valence-corrected chi connectivity index (χ0v) is 11.7. The molecule has 3 aromatic rings. The lowest BCUT2D eigenvalue weighted by atomic mass is 10.1. The van der Waals surface area contributed by atoms with E-state index in [2.05, 4.69) is 10.1 Å². The Balaban J connectivity index is 2.37. The van der Waals surface area contributed by atoms with E-state index in [1.807, 2.05) is 0 Å². The van der Waals surface area contributed by atoms with Crippen LogP contribution in [-0.2, 0) is 6.18 Å². The van der Waals surface area contributed by atoms with Gasteiger partial charge in [0.1, 0.15) is 11.3 Å². The molecule has 8 heteroatoms. The van der Waals surface area contributed by atoms with Gasteiger partial charge < -0.3 is 0 Å². The van der Waals surface area contributed by atoms with E-state index < -0.39 is 29.0 Å². The third-order valence-electron chi connectivity index (χ3n) is 3.34. The summed E-state index contributed by atoms with van der Waals surface area (Å²) in [5.41, 5.74) is -1.81. The Kier molecular flexibility index (Phi) is 3.39. The van der Waals surface area contributed by atoms with Crippen molar-refractivity contribution in [2.45, 2.75) is 13.1 Å². The van der Waals surface area contributed by atoms with Gasteiger partial charge in [0.2, 0.25) is 0 Å². The Bertz CT molecular complexity index is 915. The molecule has 0 unspecified atom stereocenters. The quantitative estimate of drug-likeness (QED) is 0.533. The molecule has 0 aliphatic rings. The second kappa shape index (κ2) is 5.15. The SMILES string of the molecule is CC(=O)c1cnn(-c2ccnc3c(F)cccc23)c1C(F)(F)F. The smallest absolute Gasteiger partial charge is 0.294 e. The highest BCUT2D eigenvalue weighted by Gasteiger charge is 2.40. The summed E-state index contributed by atoms with van der Waals surface area (Å²) in [4.78, 5) is 15.3. The first-order valence-corrected chi connectivity index (χ1v) is 6.50. The Morgan fingerprint density at radius 1 is 1.22 bits per heavy atom. The van der Waals surface area contributed by atoms with E-state index in [4.69, 9.17) is 0 Å². The molecule has 0 atom stereocenters. The molecule has 23 heavy (non-hydrogen) atoms. The average molecular weight is 323 g/mol. The number of Topliss-reactive ketones (excluding diaryl/α,β-unsaturated/α-hetero) is 1. The van der Waals surface area contributed by atoms with Gasteiger partial charge in [-0.1, -0.05) is 12.1 Å². The zero-order valence-electron chi connectivity index (χ0n) is 11.7. The number of fused-ring (bicyclic) bond motifs is 1. The van der Waals surface area contributed by atoms with Crippen LogP contribution in [0.1, 0.15) is 23.0 Å². The normalized spacial score (nSPS) is 11.9. The van der Waals surface area contributed by atoms with Crippen LogP contribution in [0.15, 0.2) is 36.7 Å². The first-order chi connectivity index (χ1) is 10.8. The predicted molar refractivity (Wildman–Crippen MR) is 73.8 cm³/mol. The largest absolute Gasteiger partial charge is 0.434 e. The first-order valence-electron chi connectivity index (χ1n) is 6.50. The molecule has 0 fully saturated rings. The fourth-order valence-electron chi connectivity index (χ4n) is 2.37. The molecular formula is C15H9F4N3O. The summed E-state index contributed by atoms with van der Waals surface area (Å²) in [6.45, 7) is 1.03. The number of benzene rings is 1. The van der Waals surface area contributed by atoms with Gasteiger partial charge in [-0.15, -0.1) is 0 Å². The maximum absolute atomic E-state index is 13.8. The highest BCUT2D eigenvalue weighted by atomic mass is 19.4. The maximum atomic E-state index is 13.8. The van der Waals surface area contributed by atoms with Crippen molar-refractivity contribution in [3.8, 4) is 5.69 Å². The van der Waals surface area contributed by atoms with Gasteiger partial charge in [-0.25, -0.2) is 9.07 Å². The minimum absolute atomic E-state index is 0.00525. The number of nitrogens with zero attached hydrogens (tertiary/aromatic N) is 3. The molecule has 0 spiro atoms. The van der Waals surface area contributed by atoms with Crippen LogP contribution in [0.25, 0.3) is 16.6 Å². The lowest BCUT2D eigenvalue weighted by molar-refractivity contribution is -0.143. The molecule has 0 bridgehead atoms. The van der Waals surface area contributed by atoms with Gasteiger partial charge in [0.05, 0.1) is 17.4 Å². The number of pyridine rings is 1. The number of para-hydroxylation sites is 1. The molecule has 0 saturated carbocycles. The second-order valence-corrected chi connectivity index (χ2v) is 4.84. The molecule has 3 rings (SSSR count). The number of rotatable bonds is 2. The van der Waals surface area contributed by atoms with Crippen molar-refractivity contribution in [2.24, 2.45) is 0 Å². The lowest BCUT2D eigenvalue weighted by Crippen LogP contribution is -2.17. The molecule has 0 amide bonds.